The third-order valence-corrected chi connectivity index (χ3v) is 3.72. The van der Waals surface area contributed by atoms with Crippen LogP contribution in [0.4, 0.5) is 0 Å². The van der Waals surface area contributed by atoms with Crippen molar-refractivity contribution >= 4 is 11.8 Å². The summed E-state index contributed by atoms with van der Waals surface area (Å²) in [4.78, 5) is 23.7. The molecule has 20 heavy (non-hydrogen) atoms. The maximum absolute atomic E-state index is 12.0. The van der Waals surface area contributed by atoms with E-state index >= 15 is 0 Å². The molecule has 0 spiro atoms. The number of ether oxygens (including phenoxy) is 1. The van der Waals surface area contributed by atoms with E-state index in [2.05, 4.69) is 6.07 Å². The lowest BCUT2D eigenvalue weighted by Crippen LogP contribution is -2.30. The SMILES string of the molecule is CCOC(=O)[C@@H]1CCC(=O)C[C@H]1c1ccc(C#N)cc1. The van der Waals surface area contributed by atoms with Crippen LogP contribution in [0.3, 0.4) is 0 Å². The van der Waals surface area contributed by atoms with Crippen LogP contribution in [-0.2, 0) is 14.3 Å². The van der Waals surface area contributed by atoms with E-state index in [0.717, 1.165) is 5.56 Å². The molecule has 1 aliphatic carbocycles. The summed E-state index contributed by atoms with van der Waals surface area (Å²) >= 11 is 0. The summed E-state index contributed by atoms with van der Waals surface area (Å²) < 4.78 is 5.11. The minimum Gasteiger partial charge on any atom is -0.466 e. The monoisotopic (exact) mass is 271 g/mol. The highest BCUT2D eigenvalue weighted by Crippen LogP contribution is 2.37. The average molecular weight is 271 g/mol. The largest absolute Gasteiger partial charge is 0.466 e. The lowest BCUT2D eigenvalue weighted by Gasteiger charge is -2.29. The molecule has 1 aromatic carbocycles. The van der Waals surface area contributed by atoms with Crippen LogP contribution in [0.25, 0.3) is 0 Å². The molecule has 4 nitrogen and oxygen atoms in total. The zero-order valence-corrected chi connectivity index (χ0v) is 11.5. The number of esters is 1. The second kappa shape index (κ2) is 6.33. The fraction of sp³-hybridized carbons (Fsp3) is 0.438. The van der Waals surface area contributed by atoms with E-state index in [1.807, 2.05) is 12.1 Å². The molecule has 2 atom stereocenters. The summed E-state index contributed by atoms with van der Waals surface area (Å²) in [5.74, 6) is -0.446. The second-order valence-corrected chi connectivity index (χ2v) is 4.98. The van der Waals surface area contributed by atoms with Crippen molar-refractivity contribution < 1.29 is 14.3 Å². The number of Topliss-reactive ketones (excluding diaryl/α,β-unsaturated/α-hetero) is 1. The summed E-state index contributed by atoms with van der Waals surface area (Å²) in [5.41, 5.74) is 1.50. The molecule has 0 aliphatic heterocycles. The van der Waals surface area contributed by atoms with Crippen molar-refractivity contribution in [1.82, 2.24) is 0 Å². The smallest absolute Gasteiger partial charge is 0.309 e. The summed E-state index contributed by atoms with van der Waals surface area (Å²) in [7, 11) is 0. The molecule has 4 heteroatoms. The summed E-state index contributed by atoms with van der Waals surface area (Å²) in [5, 5.41) is 8.81. The molecule has 0 unspecified atom stereocenters. The number of rotatable bonds is 3. The first-order valence-corrected chi connectivity index (χ1v) is 6.84. The van der Waals surface area contributed by atoms with Gasteiger partial charge in [-0.1, -0.05) is 12.1 Å². The molecule has 0 bridgehead atoms. The molecule has 0 aromatic heterocycles. The van der Waals surface area contributed by atoms with E-state index in [1.54, 1.807) is 19.1 Å². The van der Waals surface area contributed by atoms with Crippen LogP contribution < -0.4 is 0 Å². The fourth-order valence-corrected chi connectivity index (χ4v) is 2.69. The highest BCUT2D eigenvalue weighted by Gasteiger charge is 2.36. The number of hydrogen-bond acceptors (Lipinski definition) is 4. The molecular formula is C16H17NO3. The quantitative estimate of drug-likeness (QED) is 0.792. The van der Waals surface area contributed by atoms with E-state index in [0.29, 0.717) is 31.4 Å². The first kappa shape index (κ1) is 14.3. The predicted molar refractivity (Wildman–Crippen MR) is 72.9 cm³/mol. The predicted octanol–water partition coefficient (Wildman–Crippen LogP) is 2.57. The second-order valence-electron chi connectivity index (χ2n) is 4.98. The fourth-order valence-electron chi connectivity index (χ4n) is 2.69. The van der Waals surface area contributed by atoms with Gasteiger partial charge in [0.15, 0.2) is 0 Å². The highest BCUT2D eigenvalue weighted by molar-refractivity contribution is 5.84. The molecule has 1 fully saturated rings. The van der Waals surface area contributed by atoms with Crippen molar-refractivity contribution in [2.45, 2.75) is 32.1 Å². The van der Waals surface area contributed by atoms with Crippen molar-refractivity contribution in [2.75, 3.05) is 6.61 Å². The first-order valence-electron chi connectivity index (χ1n) is 6.84. The van der Waals surface area contributed by atoms with Crippen molar-refractivity contribution in [3.8, 4) is 6.07 Å². The number of carbonyl (C=O) groups excluding carboxylic acids is 2. The zero-order valence-electron chi connectivity index (χ0n) is 11.5. The molecule has 0 heterocycles. The third kappa shape index (κ3) is 3.05. The minimum atomic E-state index is -0.263. The Labute approximate surface area is 118 Å². The van der Waals surface area contributed by atoms with Gasteiger partial charge in [0.2, 0.25) is 0 Å². The van der Waals surface area contributed by atoms with E-state index in [-0.39, 0.29) is 23.6 Å². The molecule has 0 N–H and O–H groups in total. The van der Waals surface area contributed by atoms with Gasteiger partial charge in [-0.3, -0.25) is 9.59 Å². The van der Waals surface area contributed by atoms with E-state index in [1.165, 1.54) is 0 Å². The Balaban J connectivity index is 2.25. The Morgan fingerprint density at radius 2 is 2.10 bits per heavy atom. The van der Waals surface area contributed by atoms with Gasteiger partial charge in [0.05, 0.1) is 24.2 Å². The maximum Gasteiger partial charge on any atom is 0.309 e. The standard InChI is InChI=1S/C16H17NO3/c1-2-20-16(19)14-8-7-13(18)9-15(14)12-5-3-11(10-17)4-6-12/h3-6,14-15H,2,7-9H2,1H3/t14-,15+/m1/s1. The summed E-state index contributed by atoms with van der Waals surface area (Å²) in [6.07, 6.45) is 1.36. The number of carbonyl (C=O) groups is 2. The Kier molecular flexibility index (Phi) is 4.52. The number of hydrogen-bond donors (Lipinski definition) is 0. The van der Waals surface area contributed by atoms with Crippen LogP contribution in [0.1, 0.15) is 43.2 Å². The normalized spacial score (nSPS) is 22.1. The van der Waals surface area contributed by atoms with E-state index < -0.39 is 0 Å². The summed E-state index contributed by atoms with van der Waals surface area (Å²) in [6, 6.07) is 9.15. The van der Waals surface area contributed by atoms with Gasteiger partial charge in [0, 0.05) is 18.8 Å². The van der Waals surface area contributed by atoms with Gasteiger partial charge in [-0.25, -0.2) is 0 Å². The molecule has 1 saturated carbocycles. The van der Waals surface area contributed by atoms with Crippen molar-refractivity contribution in [2.24, 2.45) is 5.92 Å². The molecule has 1 aromatic rings. The lowest BCUT2D eigenvalue weighted by molar-refractivity contribution is -0.150. The number of ketones is 1. The third-order valence-electron chi connectivity index (χ3n) is 3.72. The number of benzene rings is 1. The Bertz CT molecular complexity index is 542. The van der Waals surface area contributed by atoms with Crippen LogP contribution in [0.15, 0.2) is 24.3 Å². The van der Waals surface area contributed by atoms with Gasteiger partial charge in [0.25, 0.3) is 0 Å². The molecular weight excluding hydrogens is 254 g/mol. The van der Waals surface area contributed by atoms with Crippen LogP contribution in [-0.4, -0.2) is 18.4 Å². The van der Waals surface area contributed by atoms with Gasteiger partial charge >= 0.3 is 5.97 Å². The van der Waals surface area contributed by atoms with Crippen LogP contribution in [0, 0.1) is 17.2 Å². The average Bonchev–Trinajstić information content (AvgIpc) is 2.47. The van der Waals surface area contributed by atoms with E-state index in [9.17, 15) is 9.59 Å². The molecule has 0 radical (unpaired) electrons. The molecule has 1 aliphatic rings. The number of nitrogens with zero attached hydrogens (tertiary/aromatic N) is 1. The van der Waals surface area contributed by atoms with Crippen LogP contribution >= 0.6 is 0 Å². The maximum atomic E-state index is 12.0. The van der Waals surface area contributed by atoms with Crippen LogP contribution in [0.5, 0.6) is 0 Å². The topological polar surface area (TPSA) is 67.2 Å². The van der Waals surface area contributed by atoms with Crippen LogP contribution in [0.2, 0.25) is 0 Å². The van der Waals surface area contributed by atoms with Crippen molar-refractivity contribution in [3.05, 3.63) is 35.4 Å². The van der Waals surface area contributed by atoms with Gasteiger partial charge in [-0.2, -0.15) is 5.26 Å². The summed E-state index contributed by atoms with van der Waals surface area (Å²) in [6.45, 7) is 2.13. The molecule has 104 valence electrons. The Morgan fingerprint density at radius 1 is 1.40 bits per heavy atom. The van der Waals surface area contributed by atoms with E-state index in [4.69, 9.17) is 10.00 Å². The minimum absolute atomic E-state index is 0.136. The van der Waals surface area contributed by atoms with Gasteiger partial charge in [-0.05, 0) is 31.0 Å². The zero-order chi connectivity index (χ0) is 14.5. The van der Waals surface area contributed by atoms with Crippen molar-refractivity contribution in [1.29, 1.82) is 5.26 Å². The Hall–Kier alpha value is -2.15. The van der Waals surface area contributed by atoms with Crippen molar-refractivity contribution in [3.63, 3.8) is 0 Å². The lowest BCUT2D eigenvalue weighted by atomic mass is 9.75. The first-order chi connectivity index (χ1) is 9.65. The highest BCUT2D eigenvalue weighted by atomic mass is 16.5. The Morgan fingerprint density at radius 3 is 2.70 bits per heavy atom. The number of nitriles is 1. The van der Waals surface area contributed by atoms with Gasteiger partial charge in [0.1, 0.15) is 5.78 Å². The van der Waals surface area contributed by atoms with Gasteiger partial charge in [-0.15, -0.1) is 0 Å². The molecule has 0 amide bonds. The van der Waals surface area contributed by atoms with Gasteiger partial charge < -0.3 is 4.74 Å². The molecule has 2 rings (SSSR count). The molecule has 0 saturated heterocycles.